The number of sulfonamides is 1. The first-order chi connectivity index (χ1) is 14.9. The summed E-state index contributed by atoms with van der Waals surface area (Å²) in [6.45, 7) is 1.49. The zero-order chi connectivity index (χ0) is 23.6. The predicted octanol–water partition coefficient (Wildman–Crippen LogP) is 4.15. The molecule has 0 radical (unpaired) electrons. The van der Waals surface area contributed by atoms with Crippen molar-refractivity contribution in [1.29, 1.82) is 0 Å². The Bertz CT molecular complexity index is 1260. The van der Waals surface area contributed by atoms with Gasteiger partial charge >= 0.3 is 0 Å². The molecule has 0 unspecified atom stereocenters. The summed E-state index contributed by atoms with van der Waals surface area (Å²) in [5, 5.41) is 4.51. The Morgan fingerprint density at radius 2 is 1.72 bits per heavy atom. The average Bonchev–Trinajstić information content (AvgIpc) is 3.15. The van der Waals surface area contributed by atoms with E-state index in [9.17, 15) is 30.8 Å². The van der Waals surface area contributed by atoms with Crippen LogP contribution in [0.3, 0.4) is 0 Å². The molecular formula is C20H17F4N3O3S2. The van der Waals surface area contributed by atoms with E-state index in [4.69, 9.17) is 0 Å². The number of hydrogen-bond acceptors (Lipinski definition) is 5. The van der Waals surface area contributed by atoms with Gasteiger partial charge in [-0.2, -0.15) is 0 Å². The molecule has 0 saturated heterocycles. The normalized spacial score (nSPS) is 12.4. The van der Waals surface area contributed by atoms with E-state index in [0.29, 0.717) is 10.6 Å². The first-order valence-corrected chi connectivity index (χ1v) is 11.9. The second-order valence-electron chi connectivity index (χ2n) is 6.98. The molecule has 1 amide bonds. The monoisotopic (exact) mass is 487 g/mol. The van der Waals surface area contributed by atoms with E-state index < -0.39 is 50.9 Å². The van der Waals surface area contributed by atoms with Gasteiger partial charge in [-0.3, -0.25) is 9.52 Å². The van der Waals surface area contributed by atoms with Crippen molar-refractivity contribution in [2.24, 2.45) is 0 Å². The third kappa shape index (κ3) is 5.82. The highest BCUT2D eigenvalue weighted by molar-refractivity contribution is 7.92. The van der Waals surface area contributed by atoms with Crippen LogP contribution >= 0.6 is 11.3 Å². The molecular weight excluding hydrogens is 470 g/mol. The summed E-state index contributed by atoms with van der Waals surface area (Å²) in [6.07, 6.45) is 0.952. The smallest absolute Gasteiger partial charge is 0.271 e. The molecule has 0 aliphatic rings. The van der Waals surface area contributed by atoms with Crippen molar-refractivity contribution in [2.45, 2.75) is 19.4 Å². The first kappa shape index (κ1) is 23.7. The van der Waals surface area contributed by atoms with Crippen LogP contribution in [-0.4, -0.2) is 25.6 Å². The molecule has 0 spiro atoms. The van der Waals surface area contributed by atoms with E-state index in [0.717, 1.165) is 41.9 Å². The predicted molar refractivity (Wildman–Crippen MR) is 112 cm³/mol. The number of anilines is 1. The summed E-state index contributed by atoms with van der Waals surface area (Å²) < 4.78 is 79.0. The van der Waals surface area contributed by atoms with Crippen LogP contribution in [0.1, 0.15) is 39.6 Å². The topological polar surface area (TPSA) is 88.2 Å². The number of carbonyl (C=O) groups excluding carboxylic acids is 1. The van der Waals surface area contributed by atoms with E-state index >= 15 is 0 Å². The Morgan fingerprint density at radius 3 is 2.31 bits per heavy atom. The summed E-state index contributed by atoms with van der Waals surface area (Å²) in [4.78, 5) is 16.6. The van der Waals surface area contributed by atoms with Gasteiger partial charge in [0.2, 0.25) is 10.0 Å². The molecule has 3 aromatic rings. The van der Waals surface area contributed by atoms with Crippen molar-refractivity contribution in [3.63, 3.8) is 0 Å². The molecule has 1 atom stereocenters. The molecule has 170 valence electrons. The van der Waals surface area contributed by atoms with Crippen molar-refractivity contribution in [2.75, 3.05) is 11.0 Å². The fourth-order valence-corrected chi connectivity index (χ4v) is 4.17. The minimum absolute atomic E-state index is 0.0516. The first-order valence-electron chi connectivity index (χ1n) is 9.09. The van der Waals surface area contributed by atoms with E-state index in [2.05, 4.69) is 10.3 Å². The highest BCUT2D eigenvalue weighted by Gasteiger charge is 2.20. The number of halogens is 4. The summed E-state index contributed by atoms with van der Waals surface area (Å²) in [7, 11) is -3.88. The van der Waals surface area contributed by atoms with Gasteiger partial charge in [-0.25, -0.2) is 31.0 Å². The lowest BCUT2D eigenvalue weighted by atomic mass is 10.1. The lowest BCUT2D eigenvalue weighted by Gasteiger charge is -2.15. The minimum Gasteiger partial charge on any atom is -0.344 e. The standard InChI is InChI=1S/C20H17F4N3O3S2/c1-10(12-7-15(23)19(16(24)8-12)27-32(2,29)30)25-20(28)17-9-31-18(26-17)6-11-3-4-13(21)14(22)5-11/h3-5,7-10,27H,6H2,1-2H3,(H,25,28)/t10-/m1/s1. The number of nitrogens with one attached hydrogen (secondary N) is 2. The van der Waals surface area contributed by atoms with Gasteiger partial charge in [-0.1, -0.05) is 6.07 Å². The van der Waals surface area contributed by atoms with Crippen LogP contribution in [0, 0.1) is 23.3 Å². The molecule has 0 aliphatic carbocycles. The molecule has 0 saturated carbocycles. The number of thiazole rings is 1. The number of benzene rings is 2. The number of amides is 1. The fourth-order valence-electron chi connectivity index (χ4n) is 2.80. The van der Waals surface area contributed by atoms with Crippen molar-refractivity contribution in [1.82, 2.24) is 10.3 Å². The number of aromatic nitrogens is 1. The van der Waals surface area contributed by atoms with Gasteiger partial charge in [0.1, 0.15) is 11.4 Å². The number of rotatable bonds is 7. The molecule has 0 bridgehead atoms. The molecule has 1 heterocycles. The highest BCUT2D eigenvalue weighted by atomic mass is 32.2. The maximum absolute atomic E-state index is 14.2. The zero-order valence-corrected chi connectivity index (χ0v) is 18.4. The van der Waals surface area contributed by atoms with E-state index in [1.807, 2.05) is 0 Å². The quantitative estimate of drug-likeness (QED) is 0.490. The molecule has 32 heavy (non-hydrogen) atoms. The van der Waals surface area contributed by atoms with E-state index in [-0.39, 0.29) is 17.7 Å². The van der Waals surface area contributed by atoms with Gasteiger partial charge in [0.25, 0.3) is 5.91 Å². The van der Waals surface area contributed by atoms with Crippen molar-refractivity contribution in [3.8, 4) is 0 Å². The average molecular weight is 488 g/mol. The Balaban J connectivity index is 1.70. The third-order valence-electron chi connectivity index (χ3n) is 4.32. The molecule has 1 aromatic heterocycles. The molecule has 0 fully saturated rings. The molecule has 2 aromatic carbocycles. The van der Waals surface area contributed by atoms with Crippen LogP contribution < -0.4 is 10.0 Å². The molecule has 12 heteroatoms. The van der Waals surface area contributed by atoms with Gasteiger partial charge in [0.05, 0.1) is 17.3 Å². The summed E-state index contributed by atoms with van der Waals surface area (Å²) in [5.41, 5.74) is -0.205. The van der Waals surface area contributed by atoms with Crippen LogP contribution in [0.5, 0.6) is 0 Å². The lowest BCUT2D eigenvalue weighted by Crippen LogP contribution is -2.27. The summed E-state index contributed by atoms with van der Waals surface area (Å²) >= 11 is 1.14. The SMILES string of the molecule is C[C@@H](NC(=O)c1csc(Cc2ccc(F)c(F)c2)n1)c1cc(F)c(NS(C)(=O)=O)c(F)c1. The fraction of sp³-hybridized carbons (Fsp3) is 0.200. The highest BCUT2D eigenvalue weighted by Crippen LogP contribution is 2.25. The third-order valence-corrected chi connectivity index (χ3v) is 5.75. The Labute approximate surface area is 185 Å². The minimum atomic E-state index is -3.88. The van der Waals surface area contributed by atoms with E-state index in [1.165, 1.54) is 18.4 Å². The summed E-state index contributed by atoms with van der Waals surface area (Å²) in [5.74, 6) is -4.81. The van der Waals surface area contributed by atoms with Crippen molar-refractivity contribution in [3.05, 3.63) is 80.8 Å². The van der Waals surface area contributed by atoms with Crippen LogP contribution in [-0.2, 0) is 16.4 Å². The van der Waals surface area contributed by atoms with Crippen molar-refractivity contribution < 1.29 is 30.8 Å². The number of nitrogens with zero attached hydrogens (tertiary/aromatic N) is 1. The van der Waals surface area contributed by atoms with Crippen LogP contribution in [0.2, 0.25) is 0 Å². The zero-order valence-electron chi connectivity index (χ0n) is 16.7. The molecule has 6 nitrogen and oxygen atoms in total. The Hall–Kier alpha value is -2.99. The lowest BCUT2D eigenvalue weighted by molar-refractivity contribution is 0.0935. The Kier molecular flexibility index (Phi) is 6.84. The maximum atomic E-state index is 14.2. The van der Waals surface area contributed by atoms with Crippen LogP contribution in [0.4, 0.5) is 23.2 Å². The van der Waals surface area contributed by atoms with E-state index in [1.54, 1.807) is 4.72 Å². The van der Waals surface area contributed by atoms with Gasteiger partial charge < -0.3 is 5.32 Å². The second kappa shape index (κ2) is 9.25. The summed E-state index contributed by atoms with van der Waals surface area (Å²) in [6, 6.07) is 4.46. The molecule has 3 rings (SSSR count). The van der Waals surface area contributed by atoms with Crippen LogP contribution in [0.25, 0.3) is 0 Å². The van der Waals surface area contributed by atoms with Gasteiger partial charge in [-0.05, 0) is 42.3 Å². The van der Waals surface area contributed by atoms with Crippen molar-refractivity contribution >= 4 is 33.0 Å². The molecule has 2 N–H and O–H groups in total. The largest absolute Gasteiger partial charge is 0.344 e. The Morgan fingerprint density at radius 1 is 1.06 bits per heavy atom. The van der Waals surface area contributed by atoms with Gasteiger partial charge in [0, 0.05) is 11.8 Å². The number of hydrogen-bond donors (Lipinski definition) is 2. The van der Waals surface area contributed by atoms with Gasteiger partial charge in [-0.15, -0.1) is 11.3 Å². The second-order valence-corrected chi connectivity index (χ2v) is 9.67. The molecule has 0 aliphatic heterocycles. The van der Waals surface area contributed by atoms with Crippen LogP contribution in [0.15, 0.2) is 35.7 Å². The maximum Gasteiger partial charge on any atom is 0.271 e. The number of carbonyl (C=O) groups is 1. The van der Waals surface area contributed by atoms with Gasteiger partial charge in [0.15, 0.2) is 23.3 Å².